The molecular weight excluding hydrogens is 332 g/mol. The topological polar surface area (TPSA) is 71.6 Å². The summed E-state index contributed by atoms with van der Waals surface area (Å²) in [6.07, 6.45) is 6.52. The predicted octanol–water partition coefficient (Wildman–Crippen LogP) is 3.26. The molecule has 0 radical (unpaired) electrons. The highest BCUT2D eigenvalue weighted by atomic mass is 79.9. The highest BCUT2D eigenvalue weighted by Crippen LogP contribution is 2.26. The molecule has 1 aromatic heterocycles. The molecule has 1 aromatic rings. The number of pyridine rings is 1. The lowest BCUT2D eigenvalue weighted by Gasteiger charge is -2.25. The Hall–Kier alpha value is -1.43. The van der Waals surface area contributed by atoms with E-state index < -0.39 is 0 Å². The number of carbonyl (C=O) groups excluding carboxylic acids is 1. The lowest BCUT2D eigenvalue weighted by atomic mass is 10.0. The Bertz CT molecular complexity index is 499. The van der Waals surface area contributed by atoms with Gasteiger partial charge in [0.15, 0.2) is 5.96 Å². The number of aromatic nitrogens is 1. The van der Waals surface area contributed by atoms with Crippen LogP contribution in [0.4, 0.5) is 0 Å². The lowest BCUT2D eigenvalue weighted by Crippen LogP contribution is -2.42. The molecule has 1 unspecified atom stereocenters. The standard InChI is InChI=1S/C10H11BrN4O.C3H6.C2H6/c1-15-9(16)5-7(14-10(15)12)6-2-3-13-8(11)4-6;1-2-3-1;1-2/h2-4,7H,5H2,1H3,(H2,12,14);1-3H2;1-2H3. The molecule has 5 nitrogen and oxygen atoms in total. The highest BCUT2D eigenvalue weighted by molar-refractivity contribution is 9.10. The number of nitrogens with two attached hydrogens (primary N) is 1. The monoisotopic (exact) mass is 354 g/mol. The van der Waals surface area contributed by atoms with Crippen molar-refractivity contribution < 1.29 is 4.79 Å². The van der Waals surface area contributed by atoms with Gasteiger partial charge >= 0.3 is 0 Å². The van der Waals surface area contributed by atoms with E-state index >= 15 is 0 Å². The highest BCUT2D eigenvalue weighted by Gasteiger charge is 2.25. The number of hydrogen-bond donors (Lipinski definition) is 1. The minimum absolute atomic E-state index is 0.0227. The van der Waals surface area contributed by atoms with Crippen LogP contribution in [0.15, 0.2) is 27.9 Å². The Kier molecular flexibility index (Phi) is 7.36. The molecule has 6 heteroatoms. The van der Waals surface area contributed by atoms with Gasteiger partial charge in [-0.1, -0.05) is 33.1 Å². The van der Waals surface area contributed by atoms with Gasteiger partial charge in [0.2, 0.25) is 5.91 Å². The van der Waals surface area contributed by atoms with Crippen LogP contribution in [-0.4, -0.2) is 28.8 Å². The van der Waals surface area contributed by atoms with Crippen molar-refractivity contribution >= 4 is 27.8 Å². The average Bonchev–Trinajstić information content (AvgIpc) is 3.35. The van der Waals surface area contributed by atoms with Gasteiger partial charge in [0, 0.05) is 13.2 Å². The van der Waals surface area contributed by atoms with Gasteiger partial charge in [-0.2, -0.15) is 0 Å². The normalized spacial score (nSPS) is 19.6. The Morgan fingerprint density at radius 2 is 1.95 bits per heavy atom. The Balaban J connectivity index is 0.000000380. The number of aliphatic imine (C=N–C) groups is 1. The van der Waals surface area contributed by atoms with Gasteiger partial charge in [0.05, 0.1) is 12.5 Å². The molecule has 1 amide bonds. The fraction of sp³-hybridized carbons (Fsp3) is 0.533. The van der Waals surface area contributed by atoms with Crippen molar-refractivity contribution in [1.29, 1.82) is 0 Å². The molecule has 0 spiro atoms. The summed E-state index contributed by atoms with van der Waals surface area (Å²) in [6, 6.07) is 3.48. The van der Waals surface area contributed by atoms with E-state index in [0.29, 0.717) is 6.42 Å². The first-order valence-electron chi connectivity index (χ1n) is 7.29. The molecule has 1 aliphatic heterocycles. The first-order valence-corrected chi connectivity index (χ1v) is 8.08. The number of nitrogens with zero attached hydrogens (tertiary/aromatic N) is 3. The third kappa shape index (κ3) is 5.83. The van der Waals surface area contributed by atoms with Crippen molar-refractivity contribution in [2.24, 2.45) is 10.7 Å². The zero-order valence-corrected chi connectivity index (χ0v) is 14.4. The van der Waals surface area contributed by atoms with Gasteiger partial charge in [-0.05, 0) is 33.6 Å². The second-order valence-corrected chi connectivity index (χ2v) is 5.45. The molecule has 116 valence electrons. The molecule has 21 heavy (non-hydrogen) atoms. The van der Waals surface area contributed by atoms with Gasteiger partial charge in [0.1, 0.15) is 4.60 Å². The summed E-state index contributed by atoms with van der Waals surface area (Å²) in [5.41, 5.74) is 6.60. The summed E-state index contributed by atoms with van der Waals surface area (Å²) in [6.45, 7) is 4.00. The molecule has 0 saturated heterocycles. The lowest BCUT2D eigenvalue weighted by molar-refractivity contribution is -0.127. The molecule has 3 rings (SSSR count). The number of hydrogen-bond acceptors (Lipinski definition) is 4. The van der Waals surface area contributed by atoms with Crippen molar-refractivity contribution in [3.05, 3.63) is 28.5 Å². The SMILES string of the molecule is C1CC1.CC.CN1C(=O)CC(c2ccnc(Br)c2)N=C1N. The van der Waals surface area contributed by atoms with Gasteiger partial charge in [0.25, 0.3) is 0 Å². The first-order chi connectivity index (χ1) is 10.1. The van der Waals surface area contributed by atoms with Crippen LogP contribution >= 0.6 is 15.9 Å². The Labute approximate surface area is 134 Å². The third-order valence-electron chi connectivity index (χ3n) is 2.86. The van der Waals surface area contributed by atoms with Crippen LogP contribution in [0.3, 0.4) is 0 Å². The van der Waals surface area contributed by atoms with Crippen molar-refractivity contribution in [3.63, 3.8) is 0 Å². The number of amides is 1. The van der Waals surface area contributed by atoms with Crippen LogP contribution in [0, 0.1) is 0 Å². The van der Waals surface area contributed by atoms with Crippen molar-refractivity contribution in [2.75, 3.05) is 7.05 Å². The Morgan fingerprint density at radius 1 is 1.33 bits per heavy atom. The molecule has 2 aliphatic rings. The number of carbonyl (C=O) groups is 1. The largest absolute Gasteiger partial charge is 0.369 e. The molecule has 1 atom stereocenters. The maximum absolute atomic E-state index is 11.6. The summed E-state index contributed by atoms with van der Waals surface area (Å²) in [5.74, 6) is 0.236. The van der Waals surface area contributed by atoms with Crippen molar-refractivity contribution in [2.45, 2.75) is 45.6 Å². The van der Waals surface area contributed by atoms with Crippen molar-refractivity contribution in [1.82, 2.24) is 9.88 Å². The van der Waals surface area contributed by atoms with E-state index in [9.17, 15) is 4.79 Å². The fourth-order valence-corrected chi connectivity index (χ4v) is 1.92. The third-order valence-corrected chi connectivity index (χ3v) is 3.30. The maximum Gasteiger partial charge on any atom is 0.231 e. The summed E-state index contributed by atoms with van der Waals surface area (Å²) in [4.78, 5) is 21.3. The van der Waals surface area contributed by atoms with E-state index in [2.05, 4.69) is 25.9 Å². The molecule has 1 fully saturated rings. The summed E-state index contributed by atoms with van der Waals surface area (Å²) in [7, 11) is 1.62. The summed E-state index contributed by atoms with van der Waals surface area (Å²) < 4.78 is 0.727. The molecule has 1 aliphatic carbocycles. The molecule has 2 N–H and O–H groups in total. The number of guanidine groups is 1. The van der Waals surface area contributed by atoms with E-state index in [0.717, 1.165) is 10.2 Å². The molecule has 0 aromatic carbocycles. The second-order valence-electron chi connectivity index (χ2n) is 4.63. The van der Waals surface area contributed by atoms with Crippen molar-refractivity contribution in [3.8, 4) is 0 Å². The molecular formula is C15H23BrN4O. The van der Waals surface area contributed by atoms with Crippen LogP contribution in [0.1, 0.15) is 51.1 Å². The smallest absolute Gasteiger partial charge is 0.231 e. The van der Waals surface area contributed by atoms with Crippen LogP contribution in [-0.2, 0) is 4.79 Å². The summed E-state index contributed by atoms with van der Waals surface area (Å²) in [5, 5.41) is 0. The summed E-state index contributed by atoms with van der Waals surface area (Å²) >= 11 is 3.28. The quantitative estimate of drug-likeness (QED) is 0.786. The second kappa shape index (κ2) is 8.77. The van der Waals surface area contributed by atoms with Crippen LogP contribution in [0.2, 0.25) is 0 Å². The van der Waals surface area contributed by atoms with Crippen LogP contribution in [0.25, 0.3) is 0 Å². The van der Waals surface area contributed by atoms with E-state index in [1.165, 1.54) is 24.2 Å². The van der Waals surface area contributed by atoms with E-state index in [1.807, 2.05) is 26.0 Å². The van der Waals surface area contributed by atoms with Gasteiger partial charge in [-0.15, -0.1) is 0 Å². The van der Waals surface area contributed by atoms with Crippen LogP contribution < -0.4 is 5.73 Å². The molecule has 0 bridgehead atoms. The van der Waals surface area contributed by atoms with Gasteiger partial charge in [-0.25, -0.2) is 9.98 Å². The van der Waals surface area contributed by atoms with E-state index in [-0.39, 0.29) is 17.9 Å². The zero-order chi connectivity index (χ0) is 15.8. The molecule has 2 heterocycles. The average molecular weight is 355 g/mol. The Morgan fingerprint density at radius 3 is 2.43 bits per heavy atom. The van der Waals surface area contributed by atoms with Crippen LogP contribution in [0.5, 0.6) is 0 Å². The fourth-order valence-electron chi connectivity index (χ4n) is 1.54. The number of rotatable bonds is 1. The maximum atomic E-state index is 11.6. The zero-order valence-electron chi connectivity index (χ0n) is 12.8. The van der Waals surface area contributed by atoms with E-state index in [1.54, 1.807) is 13.2 Å². The molecule has 1 saturated carbocycles. The number of halogens is 1. The minimum atomic E-state index is -0.206. The van der Waals surface area contributed by atoms with E-state index in [4.69, 9.17) is 5.73 Å². The van der Waals surface area contributed by atoms with Gasteiger partial charge < -0.3 is 5.73 Å². The minimum Gasteiger partial charge on any atom is -0.369 e. The van der Waals surface area contributed by atoms with Gasteiger partial charge in [-0.3, -0.25) is 9.69 Å². The predicted molar refractivity (Wildman–Crippen MR) is 88.9 cm³/mol. The first kappa shape index (κ1) is 17.6.